The van der Waals surface area contributed by atoms with Gasteiger partial charge < -0.3 is 20.7 Å². The topological polar surface area (TPSA) is 87.9 Å². The quantitative estimate of drug-likeness (QED) is 0.723. The highest BCUT2D eigenvalue weighted by Gasteiger charge is 2.37. The van der Waals surface area contributed by atoms with Gasteiger partial charge in [-0.1, -0.05) is 20.8 Å². The van der Waals surface area contributed by atoms with Crippen LogP contribution in [0.4, 0.5) is 24.5 Å². The lowest BCUT2D eigenvalue weighted by Crippen LogP contribution is -2.49. The molecule has 30 heavy (non-hydrogen) atoms. The normalized spacial score (nSPS) is 16.7. The highest BCUT2D eigenvalue weighted by molar-refractivity contribution is 5.98. The van der Waals surface area contributed by atoms with Gasteiger partial charge in [-0.2, -0.15) is 13.2 Å². The lowest BCUT2D eigenvalue weighted by molar-refractivity contribution is -0.137. The van der Waals surface area contributed by atoms with Crippen molar-refractivity contribution in [2.24, 2.45) is 11.1 Å². The molecule has 0 bridgehead atoms. The molecule has 1 fully saturated rings. The Morgan fingerprint density at radius 3 is 2.53 bits per heavy atom. The zero-order chi connectivity index (χ0) is 22.7. The summed E-state index contributed by atoms with van der Waals surface area (Å²) in [5.74, 6) is -1.04. The summed E-state index contributed by atoms with van der Waals surface area (Å²) in [6.45, 7) is 6.54. The molecule has 2 amide bonds. The summed E-state index contributed by atoms with van der Waals surface area (Å²) >= 11 is 0. The highest BCUT2D eigenvalue weighted by Crippen LogP contribution is 2.38. The molecule has 7 nitrogen and oxygen atoms in total. The number of morpholine rings is 1. The number of benzene rings is 1. The Balaban J connectivity index is 2.27. The van der Waals surface area contributed by atoms with Gasteiger partial charge in [0.25, 0.3) is 5.91 Å². The maximum Gasteiger partial charge on any atom is 0.418 e. The van der Waals surface area contributed by atoms with Crippen molar-refractivity contribution in [2.45, 2.75) is 33.0 Å². The van der Waals surface area contributed by atoms with E-state index in [1.165, 1.54) is 12.1 Å². The molecule has 0 spiro atoms. The predicted molar refractivity (Wildman–Crippen MR) is 108 cm³/mol. The van der Waals surface area contributed by atoms with E-state index >= 15 is 0 Å². The zero-order valence-corrected chi connectivity index (χ0v) is 17.7. The second-order valence-corrected chi connectivity index (χ2v) is 8.54. The van der Waals surface area contributed by atoms with E-state index in [9.17, 15) is 22.8 Å². The number of nitrogens with one attached hydrogen (secondary N) is 1. The fourth-order valence-electron chi connectivity index (χ4n) is 3.42. The van der Waals surface area contributed by atoms with Crippen molar-refractivity contribution < 1.29 is 27.5 Å². The predicted octanol–water partition coefficient (Wildman–Crippen LogP) is 2.31. The molecular formula is C20H29F3N4O3. The molecule has 1 saturated heterocycles. The van der Waals surface area contributed by atoms with E-state index in [0.717, 1.165) is 11.0 Å². The van der Waals surface area contributed by atoms with E-state index < -0.39 is 29.6 Å². The summed E-state index contributed by atoms with van der Waals surface area (Å²) in [7, 11) is 1.75. The molecule has 3 N–H and O–H groups in total. The van der Waals surface area contributed by atoms with Crippen LogP contribution in [0, 0.1) is 5.41 Å². The first-order valence-corrected chi connectivity index (χ1v) is 9.64. The van der Waals surface area contributed by atoms with Crippen LogP contribution < -0.4 is 16.0 Å². The lowest BCUT2D eigenvalue weighted by atomic mass is 9.95. The first-order valence-electron chi connectivity index (χ1n) is 9.64. The van der Waals surface area contributed by atoms with Crippen LogP contribution in [0.3, 0.4) is 0 Å². The van der Waals surface area contributed by atoms with Crippen molar-refractivity contribution in [3.8, 4) is 0 Å². The van der Waals surface area contributed by atoms with Gasteiger partial charge in [0.05, 0.1) is 17.9 Å². The second kappa shape index (κ2) is 9.32. The monoisotopic (exact) mass is 430 g/mol. The first-order chi connectivity index (χ1) is 13.8. The molecule has 1 aliphatic rings. The fraction of sp³-hybridized carbons (Fsp3) is 0.600. The molecule has 1 atom stereocenters. The van der Waals surface area contributed by atoms with Crippen molar-refractivity contribution in [3.63, 3.8) is 0 Å². The van der Waals surface area contributed by atoms with Crippen LogP contribution in [0.1, 0.15) is 26.3 Å². The Labute approximate surface area is 174 Å². The number of carbonyl (C=O) groups excluding carboxylic acids is 2. The number of amides is 2. The molecular weight excluding hydrogens is 401 g/mol. The molecule has 1 aromatic rings. The zero-order valence-electron chi connectivity index (χ0n) is 17.7. The minimum atomic E-state index is -4.70. The van der Waals surface area contributed by atoms with E-state index in [4.69, 9.17) is 10.5 Å². The number of carbonyl (C=O) groups is 2. The number of hydrogen-bond donors (Lipinski definition) is 2. The van der Waals surface area contributed by atoms with Crippen molar-refractivity contribution in [1.29, 1.82) is 0 Å². The Hall–Kier alpha value is -2.17. The van der Waals surface area contributed by atoms with Gasteiger partial charge in [0.1, 0.15) is 12.6 Å². The van der Waals surface area contributed by atoms with Gasteiger partial charge in [-0.3, -0.25) is 14.5 Å². The summed E-state index contributed by atoms with van der Waals surface area (Å²) in [5.41, 5.74) is 4.39. The molecule has 0 saturated carbocycles. The van der Waals surface area contributed by atoms with Crippen LogP contribution in [0.2, 0.25) is 0 Å². The summed E-state index contributed by atoms with van der Waals surface area (Å²) in [5, 5.41) is 2.52. The van der Waals surface area contributed by atoms with Crippen LogP contribution in [0.15, 0.2) is 18.2 Å². The van der Waals surface area contributed by atoms with Crippen LogP contribution in [-0.2, 0) is 20.5 Å². The van der Waals surface area contributed by atoms with Gasteiger partial charge >= 0.3 is 6.18 Å². The molecule has 0 unspecified atom stereocenters. The van der Waals surface area contributed by atoms with Gasteiger partial charge in [-0.15, -0.1) is 0 Å². The number of rotatable bonds is 6. The van der Waals surface area contributed by atoms with Gasteiger partial charge in [0, 0.05) is 25.3 Å². The van der Waals surface area contributed by atoms with Crippen molar-refractivity contribution in [2.75, 3.05) is 50.1 Å². The van der Waals surface area contributed by atoms with Gasteiger partial charge in [-0.25, -0.2) is 0 Å². The third-order valence-corrected chi connectivity index (χ3v) is 4.63. The standard InChI is InChI=1S/C20H29F3N4O3/c1-19(2,3)12-26(4)16(10-24)18(29)25-13-5-6-15(14(9-13)20(21,22)23)27-7-8-30-11-17(27)28/h5-6,9,16H,7-8,10-12,24H2,1-4H3,(H,25,29)/t16-/m1/s1. The van der Waals surface area contributed by atoms with Crippen molar-refractivity contribution in [1.82, 2.24) is 4.90 Å². The number of alkyl halides is 3. The molecule has 0 radical (unpaired) electrons. The molecule has 2 rings (SSSR count). The molecule has 168 valence electrons. The molecule has 0 aliphatic carbocycles. The third-order valence-electron chi connectivity index (χ3n) is 4.63. The Kier molecular flexibility index (Phi) is 7.49. The summed E-state index contributed by atoms with van der Waals surface area (Å²) in [6, 6.07) is 2.69. The molecule has 1 heterocycles. The lowest BCUT2D eigenvalue weighted by Gasteiger charge is -2.32. The Bertz CT molecular complexity index is 778. The second-order valence-electron chi connectivity index (χ2n) is 8.54. The number of anilines is 2. The van der Waals surface area contributed by atoms with E-state index in [0.29, 0.717) is 6.54 Å². The third kappa shape index (κ3) is 6.16. The van der Waals surface area contributed by atoms with Gasteiger partial charge in [-0.05, 0) is 30.7 Å². The maximum atomic E-state index is 13.7. The Morgan fingerprint density at radius 1 is 1.33 bits per heavy atom. The maximum absolute atomic E-state index is 13.7. The largest absolute Gasteiger partial charge is 0.418 e. The number of likely N-dealkylation sites (N-methyl/N-ethyl adjacent to an activating group) is 1. The van der Waals surface area contributed by atoms with E-state index in [2.05, 4.69) is 5.32 Å². The number of halogens is 3. The van der Waals surface area contributed by atoms with Crippen LogP contribution in [0.5, 0.6) is 0 Å². The van der Waals surface area contributed by atoms with E-state index in [1.54, 1.807) is 11.9 Å². The SMILES string of the molecule is CN(CC(C)(C)C)[C@H](CN)C(=O)Nc1ccc(N2CCOCC2=O)c(C(F)(F)F)c1. The highest BCUT2D eigenvalue weighted by atomic mass is 19.4. The molecule has 1 aromatic carbocycles. The molecule has 1 aliphatic heterocycles. The van der Waals surface area contributed by atoms with Crippen molar-refractivity contribution >= 4 is 23.2 Å². The summed E-state index contributed by atoms with van der Waals surface area (Å²) in [6.07, 6.45) is -4.70. The van der Waals surface area contributed by atoms with E-state index in [-0.39, 0.29) is 43.1 Å². The van der Waals surface area contributed by atoms with E-state index in [1.807, 2.05) is 20.8 Å². The smallest absolute Gasteiger partial charge is 0.370 e. The average Bonchev–Trinajstić information content (AvgIpc) is 2.60. The van der Waals surface area contributed by atoms with Crippen molar-refractivity contribution in [3.05, 3.63) is 23.8 Å². The van der Waals surface area contributed by atoms with Crippen LogP contribution in [-0.4, -0.2) is 62.7 Å². The average molecular weight is 430 g/mol. The van der Waals surface area contributed by atoms with Gasteiger partial charge in [0.15, 0.2) is 0 Å². The number of nitrogens with two attached hydrogens (primary N) is 1. The molecule has 0 aromatic heterocycles. The Morgan fingerprint density at radius 2 is 2.00 bits per heavy atom. The number of hydrogen-bond acceptors (Lipinski definition) is 5. The summed E-state index contributed by atoms with van der Waals surface area (Å²) in [4.78, 5) is 27.5. The molecule has 10 heteroatoms. The minimum Gasteiger partial charge on any atom is -0.370 e. The first kappa shape index (κ1) is 24.1. The number of ether oxygens (including phenoxy) is 1. The summed E-state index contributed by atoms with van der Waals surface area (Å²) < 4.78 is 46.0. The van der Waals surface area contributed by atoms with Gasteiger partial charge in [0.2, 0.25) is 5.91 Å². The number of nitrogens with zero attached hydrogens (tertiary/aromatic N) is 2. The van der Waals surface area contributed by atoms with Crippen LogP contribution in [0.25, 0.3) is 0 Å². The van der Waals surface area contributed by atoms with Crippen LogP contribution >= 0.6 is 0 Å². The fourth-order valence-corrected chi connectivity index (χ4v) is 3.42. The minimum absolute atomic E-state index is 0.0145.